The van der Waals surface area contributed by atoms with Gasteiger partial charge in [-0.15, -0.1) is 0 Å². The number of hydrogen-bond donors (Lipinski definition) is 0. The molecular formula is C44H30Cl2N2. The Morgan fingerprint density at radius 3 is 1.08 bits per heavy atom. The first-order chi connectivity index (χ1) is 23.6. The average Bonchev–Trinajstić information content (AvgIpc) is 3.13. The van der Waals surface area contributed by atoms with Crippen molar-refractivity contribution in [3.63, 3.8) is 0 Å². The lowest BCUT2D eigenvalue weighted by Gasteiger charge is -2.27. The van der Waals surface area contributed by atoms with Gasteiger partial charge in [-0.2, -0.15) is 0 Å². The molecule has 0 aromatic heterocycles. The lowest BCUT2D eigenvalue weighted by Crippen LogP contribution is -2.10. The summed E-state index contributed by atoms with van der Waals surface area (Å²) in [6.45, 7) is 0. The quantitative estimate of drug-likeness (QED) is 0.168. The molecule has 0 bridgehead atoms. The highest BCUT2D eigenvalue weighted by Crippen LogP contribution is 2.42. The van der Waals surface area contributed by atoms with Crippen molar-refractivity contribution in [3.05, 3.63) is 192 Å². The van der Waals surface area contributed by atoms with E-state index in [1.165, 1.54) is 0 Å². The molecule has 0 amide bonds. The van der Waals surface area contributed by atoms with Gasteiger partial charge in [0.2, 0.25) is 0 Å². The van der Waals surface area contributed by atoms with Crippen LogP contribution in [0.15, 0.2) is 182 Å². The molecule has 8 aromatic rings. The highest BCUT2D eigenvalue weighted by Gasteiger charge is 2.17. The molecule has 48 heavy (non-hydrogen) atoms. The molecule has 0 heterocycles. The first-order valence-corrected chi connectivity index (χ1v) is 16.7. The molecule has 0 N–H and O–H groups in total. The van der Waals surface area contributed by atoms with Crippen molar-refractivity contribution in [2.75, 3.05) is 9.80 Å². The van der Waals surface area contributed by atoms with Crippen molar-refractivity contribution >= 4 is 78.9 Å². The first kappa shape index (κ1) is 29.8. The smallest absolute Gasteiger partial charge is 0.0540 e. The molecule has 0 aliphatic carbocycles. The molecule has 0 aliphatic heterocycles. The second-order valence-electron chi connectivity index (χ2n) is 11.7. The highest BCUT2D eigenvalue weighted by atomic mass is 35.5. The minimum absolute atomic E-state index is 0.732. The summed E-state index contributed by atoms with van der Waals surface area (Å²) in [6, 6.07) is 63.4. The Bertz CT molecular complexity index is 2180. The van der Waals surface area contributed by atoms with Gasteiger partial charge in [0.05, 0.1) is 11.4 Å². The van der Waals surface area contributed by atoms with Crippen molar-refractivity contribution in [1.82, 2.24) is 0 Å². The molecule has 0 aliphatic rings. The summed E-state index contributed by atoms with van der Waals surface area (Å²) in [5.74, 6) is 0. The van der Waals surface area contributed by atoms with Crippen LogP contribution in [0, 0.1) is 0 Å². The lowest BCUT2D eigenvalue weighted by atomic mass is 10.0. The number of fused-ring (bicyclic) bond motifs is 2. The van der Waals surface area contributed by atoms with E-state index in [1.807, 2.05) is 36.4 Å². The largest absolute Gasteiger partial charge is 0.310 e. The van der Waals surface area contributed by atoms with Crippen LogP contribution in [0.2, 0.25) is 10.0 Å². The van der Waals surface area contributed by atoms with Crippen LogP contribution in [0.4, 0.5) is 34.1 Å². The molecule has 4 heteroatoms. The zero-order valence-corrected chi connectivity index (χ0v) is 27.5. The van der Waals surface area contributed by atoms with E-state index >= 15 is 0 Å². The van der Waals surface area contributed by atoms with E-state index in [9.17, 15) is 0 Å². The average molecular weight is 658 g/mol. The van der Waals surface area contributed by atoms with Crippen LogP contribution < -0.4 is 9.80 Å². The summed E-state index contributed by atoms with van der Waals surface area (Å²) >= 11 is 12.7. The summed E-state index contributed by atoms with van der Waals surface area (Å²) < 4.78 is 0. The van der Waals surface area contributed by atoms with Crippen molar-refractivity contribution in [2.45, 2.75) is 0 Å². The number of nitrogens with zero attached hydrogens (tertiary/aromatic N) is 2. The lowest BCUT2D eigenvalue weighted by molar-refractivity contribution is 1.29. The molecule has 0 atom stereocenters. The van der Waals surface area contributed by atoms with E-state index in [1.54, 1.807) is 0 Å². The van der Waals surface area contributed by atoms with Crippen LogP contribution in [0.3, 0.4) is 0 Å². The van der Waals surface area contributed by atoms with Crippen LogP contribution in [-0.2, 0) is 0 Å². The van der Waals surface area contributed by atoms with Crippen LogP contribution in [0.5, 0.6) is 0 Å². The van der Waals surface area contributed by atoms with Crippen LogP contribution in [-0.4, -0.2) is 0 Å². The van der Waals surface area contributed by atoms with Gasteiger partial charge in [0, 0.05) is 43.6 Å². The number of para-hydroxylation sites is 2. The second-order valence-corrected chi connectivity index (χ2v) is 12.6. The van der Waals surface area contributed by atoms with Crippen molar-refractivity contribution in [2.24, 2.45) is 0 Å². The predicted octanol–water partition coefficient (Wildman–Crippen LogP) is 13.9. The Morgan fingerprint density at radius 1 is 0.312 bits per heavy atom. The number of rotatable bonds is 7. The first-order valence-electron chi connectivity index (χ1n) is 15.9. The van der Waals surface area contributed by atoms with E-state index in [0.717, 1.165) is 76.8 Å². The molecule has 8 aromatic carbocycles. The Hall–Kier alpha value is -5.54. The van der Waals surface area contributed by atoms with Crippen LogP contribution >= 0.6 is 23.2 Å². The summed E-state index contributed by atoms with van der Waals surface area (Å²) in [6.07, 6.45) is 0. The van der Waals surface area contributed by atoms with Crippen molar-refractivity contribution in [3.8, 4) is 11.1 Å². The van der Waals surface area contributed by atoms with E-state index in [2.05, 4.69) is 155 Å². The number of hydrogen-bond acceptors (Lipinski definition) is 2. The van der Waals surface area contributed by atoms with Gasteiger partial charge in [-0.05, 0) is 107 Å². The molecule has 0 radical (unpaired) electrons. The fraction of sp³-hybridized carbons (Fsp3) is 0. The predicted molar refractivity (Wildman–Crippen MR) is 206 cm³/mol. The minimum Gasteiger partial charge on any atom is -0.310 e. The van der Waals surface area contributed by atoms with Crippen molar-refractivity contribution < 1.29 is 0 Å². The molecule has 8 rings (SSSR count). The molecular weight excluding hydrogens is 627 g/mol. The standard InChI is InChI=1S/C44H30Cl2N2/c45-35-21-27-41-33(29-35)9-7-15-43(41)47(37-11-3-1-4-12-37)39-23-17-31(18-24-39)32-19-25-40(26-20-32)48(38-13-5-2-6-14-38)44-16-8-10-34-30-36(46)22-28-42(34)44/h1-30H. The van der Waals surface area contributed by atoms with Crippen molar-refractivity contribution in [1.29, 1.82) is 0 Å². The zero-order chi connectivity index (χ0) is 32.5. The van der Waals surface area contributed by atoms with E-state index in [4.69, 9.17) is 23.2 Å². The number of benzene rings is 8. The third-order valence-electron chi connectivity index (χ3n) is 8.73. The molecule has 0 spiro atoms. The van der Waals surface area contributed by atoms with E-state index < -0.39 is 0 Å². The minimum atomic E-state index is 0.732. The normalized spacial score (nSPS) is 11.1. The van der Waals surface area contributed by atoms with Gasteiger partial charge in [-0.3, -0.25) is 0 Å². The Kier molecular flexibility index (Phi) is 8.03. The van der Waals surface area contributed by atoms with Gasteiger partial charge in [-0.1, -0.05) is 120 Å². The van der Waals surface area contributed by atoms with Gasteiger partial charge in [0.25, 0.3) is 0 Å². The van der Waals surface area contributed by atoms with E-state index in [0.29, 0.717) is 0 Å². The summed E-state index contributed by atoms with van der Waals surface area (Å²) in [4.78, 5) is 4.61. The maximum Gasteiger partial charge on any atom is 0.0540 e. The third kappa shape index (κ3) is 5.77. The molecule has 0 saturated heterocycles. The summed E-state index contributed by atoms with van der Waals surface area (Å²) in [7, 11) is 0. The van der Waals surface area contributed by atoms with Crippen LogP contribution in [0.1, 0.15) is 0 Å². The summed E-state index contributed by atoms with van der Waals surface area (Å²) in [5, 5.41) is 5.96. The second kappa shape index (κ2) is 12.9. The fourth-order valence-corrected chi connectivity index (χ4v) is 6.84. The van der Waals surface area contributed by atoms with Gasteiger partial charge in [0.15, 0.2) is 0 Å². The maximum absolute atomic E-state index is 6.36. The molecule has 2 nitrogen and oxygen atoms in total. The van der Waals surface area contributed by atoms with E-state index in [-0.39, 0.29) is 0 Å². The monoisotopic (exact) mass is 656 g/mol. The van der Waals surface area contributed by atoms with Gasteiger partial charge >= 0.3 is 0 Å². The highest BCUT2D eigenvalue weighted by molar-refractivity contribution is 6.31. The summed E-state index contributed by atoms with van der Waals surface area (Å²) in [5.41, 5.74) is 8.84. The number of anilines is 6. The van der Waals surface area contributed by atoms with Crippen LogP contribution in [0.25, 0.3) is 32.7 Å². The maximum atomic E-state index is 6.36. The molecule has 0 saturated carbocycles. The Labute approximate surface area is 290 Å². The van der Waals surface area contributed by atoms with Gasteiger partial charge in [0.1, 0.15) is 0 Å². The fourth-order valence-electron chi connectivity index (χ4n) is 6.48. The van der Waals surface area contributed by atoms with Gasteiger partial charge in [-0.25, -0.2) is 0 Å². The number of halogens is 2. The SMILES string of the molecule is Clc1ccc2c(N(c3ccccc3)c3ccc(-c4ccc(N(c5ccccc5)c5cccc6cc(Cl)ccc56)cc4)cc3)cccc2c1. The Balaban J connectivity index is 1.16. The third-order valence-corrected chi connectivity index (χ3v) is 9.20. The molecule has 0 fully saturated rings. The van der Waals surface area contributed by atoms with Gasteiger partial charge < -0.3 is 9.80 Å². The molecule has 230 valence electrons. The Morgan fingerprint density at radius 2 is 0.688 bits per heavy atom. The zero-order valence-electron chi connectivity index (χ0n) is 26.0. The topological polar surface area (TPSA) is 6.48 Å². The molecule has 0 unspecified atom stereocenters.